The molecule has 0 spiro atoms. The monoisotopic (exact) mass is 591 g/mol. The van der Waals surface area contributed by atoms with Crippen molar-refractivity contribution in [2.75, 3.05) is 17.6 Å². The molecule has 0 bridgehead atoms. The summed E-state index contributed by atoms with van der Waals surface area (Å²) in [5, 5.41) is -0.210. The zero-order valence-electron chi connectivity index (χ0n) is 22.9. The minimum absolute atomic E-state index is 0.00277. The molecule has 216 valence electrons. The fraction of sp³-hybridized carbons (Fsp3) is 0.423. The first-order valence-electron chi connectivity index (χ1n) is 12.8. The Balaban J connectivity index is 1.80. The maximum Gasteiger partial charge on any atom is 0.280 e. The normalized spacial score (nSPS) is 14.6. The second-order valence-corrected chi connectivity index (χ2v) is 13.2. The van der Waals surface area contributed by atoms with E-state index in [4.69, 9.17) is 14.2 Å². The lowest BCUT2D eigenvalue weighted by Crippen LogP contribution is -2.37. The summed E-state index contributed by atoms with van der Waals surface area (Å²) >= 11 is 0. The van der Waals surface area contributed by atoms with Gasteiger partial charge in [0.2, 0.25) is 15.8 Å². The Morgan fingerprint density at radius 2 is 1.70 bits per heavy atom. The van der Waals surface area contributed by atoms with Gasteiger partial charge in [0, 0.05) is 12.1 Å². The molecule has 0 amide bonds. The first-order chi connectivity index (χ1) is 18.9. The highest BCUT2D eigenvalue weighted by atomic mass is 32.2. The Labute approximate surface area is 234 Å². The molecule has 3 aromatic rings. The predicted octanol–water partition coefficient (Wildman–Crippen LogP) is 4.14. The van der Waals surface area contributed by atoms with Crippen LogP contribution in [0.3, 0.4) is 0 Å². The van der Waals surface area contributed by atoms with E-state index in [-0.39, 0.29) is 45.8 Å². The number of methoxy groups -OCH3 is 1. The van der Waals surface area contributed by atoms with Crippen LogP contribution in [0.1, 0.15) is 63.8 Å². The van der Waals surface area contributed by atoms with Crippen LogP contribution >= 0.6 is 0 Å². The SMILES string of the molecule is CCS(=O)(=O)NC(C)Oc1nc(C2CC2)nc(NS(=O)(=O)c2ccc(C(C)C)cn2)c1Oc1ccccc1OC. The average Bonchev–Trinajstić information content (AvgIpc) is 3.76. The van der Waals surface area contributed by atoms with Gasteiger partial charge in [-0.2, -0.15) is 18.1 Å². The van der Waals surface area contributed by atoms with Gasteiger partial charge in [-0.1, -0.05) is 32.0 Å². The van der Waals surface area contributed by atoms with Crippen LogP contribution in [0.2, 0.25) is 0 Å². The Hall–Kier alpha value is -3.49. The maximum atomic E-state index is 13.4. The van der Waals surface area contributed by atoms with Crippen LogP contribution in [0.4, 0.5) is 5.82 Å². The van der Waals surface area contributed by atoms with E-state index in [0.717, 1.165) is 18.4 Å². The van der Waals surface area contributed by atoms with Gasteiger partial charge in [0.1, 0.15) is 5.82 Å². The molecule has 1 aromatic carbocycles. The van der Waals surface area contributed by atoms with Crippen LogP contribution in [0.5, 0.6) is 23.1 Å². The van der Waals surface area contributed by atoms with E-state index in [1.54, 1.807) is 30.3 Å². The topological polar surface area (TPSA) is 159 Å². The summed E-state index contributed by atoms with van der Waals surface area (Å²) in [5.41, 5.74) is 0.886. The Bertz CT molecular complexity index is 1560. The fourth-order valence-electron chi connectivity index (χ4n) is 3.62. The summed E-state index contributed by atoms with van der Waals surface area (Å²) in [5.74, 6) is 0.458. The molecular formula is C26H33N5O7S2. The fourth-order valence-corrected chi connectivity index (χ4v) is 5.28. The maximum absolute atomic E-state index is 13.4. The third kappa shape index (κ3) is 7.17. The number of hydrogen-bond donors (Lipinski definition) is 2. The molecule has 2 heterocycles. The van der Waals surface area contributed by atoms with Crippen molar-refractivity contribution in [1.82, 2.24) is 19.7 Å². The smallest absolute Gasteiger partial charge is 0.280 e. The molecule has 1 atom stereocenters. The largest absolute Gasteiger partial charge is 0.493 e. The molecule has 4 rings (SSSR count). The van der Waals surface area contributed by atoms with Crippen LogP contribution in [0.25, 0.3) is 0 Å². The molecular weight excluding hydrogens is 558 g/mol. The lowest BCUT2D eigenvalue weighted by Gasteiger charge is -2.21. The van der Waals surface area contributed by atoms with Crippen molar-refractivity contribution in [3.63, 3.8) is 0 Å². The number of benzene rings is 1. The van der Waals surface area contributed by atoms with Gasteiger partial charge in [-0.25, -0.2) is 18.4 Å². The van der Waals surface area contributed by atoms with E-state index < -0.39 is 26.3 Å². The summed E-state index contributed by atoms with van der Waals surface area (Å²) in [6, 6.07) is 9.85. The first-order valence-corrected chi connectivity index (χ1v) is 15.9. The van der Waals surface area contributed by atoms with Gasteiger partial charge in [0.25, 0.3) is 15.9 Å². The average molecular weight is 592 g/mol. The van der Waals surface area contributed by atoms with Crippen molar-refractivity contribution >= 4 is 25.9 Å². The molecule has 12 nitrogen and oxygen atoms in total. The van der Waals surface area contributed by atoms with Gasteiger partial charge in [0.05, 0.1) is 12.9 Å². The molecule has 40 heavy (non-hydrogen) atoms. The van der Waals surface area contributed by atoms with Gasteiger partial charge in [-0.05, 0) is 56.4 Å². The molecule has 1 aliphatic rings. The van der Waals surface area contributed by atoms with E-state index in [2.05, 4.69) is 24.4 Å². The molecule has 14 heteroatoms. The van der Waals surface area contributed by atoms with Crippen molar-refractivity contribution in [1.29, 1.82) is 0 Å². The quantitative estimate of drug-likeness (QED) is 0.277. The number of nitrogens with zero attached hydrogens (tertiary/aromatic N) is 3. The summed E-state index contributed by atoms with van der Waals surface area (Å²) in [6.07, 6.45) is 2.09. The lowest BCUT2D eigenvalue weighted by atomic mass is 10.1. The molecule has 1 saturated carbocycles. The first kappa shape index (κ1) is 29.5. The Morgan fingerprint density at radius 3 is 2.27 bits per heavy atom. The van der Waals surface area contributed by atoms with E-state index in [9.17, 15) is 16.8 Å². The second-order valence-electron chi connectivity index (χ2n) is 9.56. The van der Waals surface area contributed by atoms with Gasteiger partial charge in [-0.15, -0.1) is 0 Å². The number of sulfonamides is 2. The van der Waals surface area contributed by atoms with Crippen LogP contribution < -0.4 is 23.7 Å². The van der Waals surface area contributed by atoms with Crippen LogP contribution in [0, 0.1) is 0 Å². The van der Waals surface area contributed by atoms with E-state index >= 15 is 0 Å². The Kier molecular flexibility index (Phi) is 8.80. The number of anilines is 1. The van der Waals surface area contributed by atoms with Crippen molar-refractivity contribution < 1.29 is 31.0 Å². The molecule has 1 unspecified atom stereocenters. The van der Waals surface area contributed by atoms with Gasteiger partial charge < -0.3 is 14.2 Å². The minimum atomic E-state index is -4.22. The van der Waals surface area contributed by atoms with Crippen LogP contribution in [0.15, 0.2) is 47.6 Å². The molecule has 0 aliphatic heterocycles. The van der Waals surface area contributed by atoms with Crippen molar-refractivity contribution in [3.05, 3.63) is 54.0 Å². The summed E-state index contributed by atoms with van der Waals surface area (Å²) in [6.45, 7) is 6.95. The highest BCUT2D eigenvalue weighted by molar-refractivity contribution is 7.92. The van der Waals surface area contributed by atoms with Gasteiger partial charge in [0.15, 0.2) is 28.6 Å². The van der Waals surface area contributed by atoms with Crippen molar-refractivity contribution in [2.24, 2.45) is 0 Å². The summed E-state index contributed by atoms with van der Waals surface area (Å²) in [7, 11) is -6.37. The Morgan fingerprint density at radius 1 is 1.00 bits per heavy atom. The van der Waals surface area contributed by atoms with Gasteiger partial charge >= 0.3 is 0 Å². The minimum Gasteiger partial charge on any atom is -0.493 e. The predicted molar refractivity (Wildman–Crippen MR) is 149 cm³/mol. The third-order valence-electron chi connectivity index (χ3n) is 6.02. The number of hydrogen-bond acceptors (Lipinski definition) is 10. The number of ether oxygens (including phenoxy) is 3. The number of para-hydroxylation sites is 2. The zero-order chi connectivity index (χ0) is 29.1. The highest BCUT2D eigenvalue weighted by Gasteiger charge is 2.32. The van der Waals surface area contributed by atoms with Crippen molar-refractivity contribution in [3.8, 4) is 23.1 Å². The molecule has 2 N–H and O–H groups in total. The second kappa shape index (κ2) is 11.9. The number of pyridine rings is 1. The van der Waals surface area contributed by atoms with E-state index in [1.807, 2.05) is 13.8 Å². The van der Waals surface area contributed by atoms with Gasteiger partial charge in [-0.3, -0.25) is 4.72 Å². The molecule has 1 fully saturated rings. The number of rotatable bonds is 13. The van der Waals surface area contributed by atoms with Crippen LogP contribution in [-0.2, 0) is 20.0 Å². The van der Waals surface area contributed by atoms with Crippen LogP contribution in [-0.4, -0.2) is 50.9 Å². The van der Waals surface area contributed by atoms with E-state index in [0.29, 0.717) is 11.6 Å². The summed E-state index contributed by atoms with van der Waals surface area (Å²) in [4.78, 5) is 13.1. The zero-order valence-corrected chi connectivity index (χ0v) is 24.5. The molecule has 1 aliphatic carbocycles. The molecule has 0 radical (unpaired) electrons. The highest BCUT2D eigenvalue weighted by Crippen LogP contribution is 2.45. The lowest BCUT2D eigenvalue weighted by molar-refractivity contribution is 0.193. The number of aromatic nitrogens is 3. The summed E-state index contributed by atoms with van der Waals surface area (Å²) < 4.78 is 73.4. The number of nitrogens with one attached hydrogen (secondary N) is 2. The standard InChI is InChI=1S/C26H33N5O7S2/c1-6-39(32,33)30-17(4)37-26-23(38-21-10-8-7-9-20(21)36-5)25(28-24(29-26)18-11-12-18)31-40(34,35)22-14-13-19(15-27-22)16(2)3/h7-10,13-18,30H,6,11-12H2,1-5H3,(H,28,29,31). The molecule has 0 saturated heterocycles. The third-order valence-corrected chi connectivity index (χ3v) is 8.73. The van der Waals surface area contributed by atoms with E-state index in [1.165, 1.54) is 33.2 Å². The van der Waals surface area contributed by atoms with Crippen molar-refractivity contribution in [2.45, 2.75) is 63.6 Å². The molecule has 2 aromatic heterocycles.